The van der Waals surface area contributed by atoms with E-state index in [0.29, 0.717) is 0 Å². The molecule has 0 aliphatic carbocycles. The van der Waals surface area contributed by atoms with Gasteiger partial charge < -0.3 is 8.97 Å². The van der Waals surface area contributed by atoms with Crippen molar-refractivity contribution in [3.05, 3.63) is 0 Å². The second-order valence-electron chi connectivity index (χ2n) is 26.6. The van der Waals surface area contributed by atoms with Crippen LogP contribution in [0.25, 0.3) is 0 Å². The molecule has 0 aromatic heterocycles. The van der Waals surface area contributed by atoms with Crippen LogP contribution in [0.1, 0.15) is 413 Å². The second kappa shape index (κ2) is 65.4. The molecule has 0 aliphatic heterocycles. The normalized spacial score (nSPS) is 12.0. The third kappa shape index (κ3) is 69.9. The molecule has 0 spiro atoms. The Bertz CT molecular complexity index is 883. The fourth-order valence-electron chi connectivity index (χ4n) is 11.9. The Balaban J connectivity index is 0. The zero-order valence-electron chi connectivity index (χ0n) is 54.1. The number of hydrogen-bond acceptors (Lipinski definition) is 0. The summed E-state index contributed by atoms with van der Waals surface area (Å²) in [5.74, 6) is 0. The lowest BCUT2D eigenvalue weighted by Gasteiger charge is -2.30. The van der Waals surface area contributed by atoms with E-state index < -0.39 is 0 Å². The third-order valence-corrected chi connectivity index (χ3v) is 17.5. The molecule has 0 radical (unpaired) electrons. The molecule has 0 saturated carbocycles. The maximum Gasteiger partial charge on any atom is 0.0782 e. The van der Waals surface area contributed by atoms with Crippen molar-refractivity contribution < 1.29 is 8.97 Å². The number of hydrogen-bond donors (Lipinski definition) is 0. The quantitative estimate of drug-likeness (QED) is 0.0421. The minimum atomic E-state index is 1.25. The SMILES string of the molecule is CCCCCCCCCCCCCCCCCC[N+](C)(C)CCCCCCCCCCCCCCCCCC.CCCCCCCCCCCCCCCC[N+](C)(C)CCCCCCCCCCCCCCCC. The van der Waals surface area contributed by atoms with Crippen LogP contribution in [0.15, 0.2) is 0 Å². The molecule has 0 aromatic rings. The first-order valence-corrected chi connectivity index (χ1v) is 35.9. The summed E-state index contributed by atoms with van der Waals surface area (Å²) in [5, 5.41) is 0. The molecule has 0 aliphatic rings. The molecule has 2 nitrogen and oxygen atoms in total. The van der Waals surface area contributed by atoms with Crippen molar-refractivity contribution in [2.45, 2.75) is 413 Å². The zero-order chi connectivity index (χ0) is 54.3. The van der Waals surface area contributed by atoms with Crippen molar-refractivity contribution in [2.24, 2.45) is 0 Å². The smallest absolute Gasteiger partial charge is 0.0782 e. The van der Waals surface area contributed by atoms with Crippen molar-refractivity contribution in [3.63, 3.8) is 0 Å². The number of unbranched alkanes of at least 4 members (excludes halogenated alkanes) is 56. The van der Waals surface area contributed by atoms with E-state index in [-0.39, 0.29) is 0 Å². The van der Waals surface area contributed by atoms with Crippen LogP contribution in [-0.4, -0.2) is 63.3 Å². The van der Waals surface area contributed by atoms with Gasteiger partial charge in [-0.3, -0.25) is 0 Å². The van der Waals surface area contributed by atoms with Crippen LogP contribution in [0.2, 0.25) is 0 Å². The van der Waals surface area contributed by atoms with Crippen molar-refractivity contribution in [1.29, 1.82) is 0 Å². The number of nitrogens with zero attached hydrogens (tertiary/aromatic N) is 2. The van der Waals surface area contributed by atoms with Crippen molar-refractivity contribution in [2.75, 3.05) is 54.4 Å². The van der Waals surface area contributed by atoms with Crippen LogP contribution in [0.4, 0.5) is 0 Å². The highest BCUT2D eigenvalue weighted by Crippen LogP contribution is 2.19. The van der Waals surface area contributed by atoms with Gasteiger partial charge in [0, 0.05) is 0 Å². The molecule has 0 atom stereocenters. The van der Waals surface area contributed by atoms with Crippen LogP contribution in [0.3, 0.4) is 0 Å². The fraction of sp³-hybridized carbons (Fsp3) is 1.00. The summed E-state index contributed by atoms with van der Waals surface area (Å²) < 4.78 is 2.49. The predicted octanol–water partition coefficient (Wildman–Crippen LogP) is 25.6. The first kappa shape index (κ1) is 76.0. The Morgan fingerprint density at radius 1 is 0.122 bits per heavy atom. The van der Waals surface area contributed by atoms with Crippen LogP contribution >= 0.6 is 0 Å². The second-order valence-corrected chi connectivity index (χ2v) is 26.6. The lowest BCUT2D eigenvalue weighted by Crippen LogP contribution is -2.41. The van der Waals surface area contributed by atoms with E-state index in [1.54, 1.807) is 0 Å². The van der Waals surface area contributed by atoms with Crippen LogP contribution < -0.4 is 0 Å². The maximum atomic E-state index is 2.47. The van der Waals surface area contributed by atoms with Crippen LogP contribution in [0, 0.1) is 0 Å². The van der Waals surface area contributed by atoms with Gasteiger partial charge in [-0.2, -0.15) is 0 Å². The van der Waals surface area contributed by atoms with Gasteiger partial charge in [-0.05, 0) is 51.4 Å². The summed E-state index contributed by atoms with van der Waals surface area (Å²) in [6.45, 7) is 14.8. The molecule has 0 amide bonds. The Hall–Kier alpha value is -0.0800. The van der Waals surface area contributed by atoms with Gasteiger partial charge in [0.15, 0.2) is 0 Å². The van der Waals surface area contributed by atoms with E-state index in [0.717, 1.165) is 0 Å². The average Bonchev–Trinajstić information content (AvgIpc) is 3.38. The van der Waals surface area contributed by atoms with Gasteiger partial charge in [0.1, 0.15) is 0 Å². The summed E-state index contributed by atoms with van der Waals surface area (Å²) in [6.07, 6.45) is 87.9. The highest BCUT2D eigenvalue weighted by atomic mass is 15.3. The number of quaternary nitrogens is 2. The zero-order valence-corrected chi connectivity index (χ0v) is 54.1. The summed E-state index contributed by atoms with van der Waals surface area (Å²) in [7, 11) is 9.86. The van der Waals surface area contributed by atoms with E-state index in [2.05, 4.69) is 55.9 Å². The van der Waals surface area contributed by atoms with Gasteiger partial charge in [0.2, 0.25) is 0 Å². The monoisotopic (exact) mass is 1050 g/mol. The predicted molar refractivity (Wildman–Crippen MR) is 343 cm³/mol. The molecule has 0 fully saturated rings. The third-order valence-electron chi connectivity index (χ3n) is 17.5. The first-order valence-electron chi connectivity index (χ1n) is 35.9. The first-order chi connectivity index (χ1) is 36.2. The summed E-state index contributed by atoms with van der Waals surface area (Å²) in [5.41, 5.74) is 0. The summed E-state index contributed by atoms with van der Waals surface area (Å²) in [6, 6.07) is 0. The summed E-state index contributed by atoms with van der Waals surface area (Å²) >= 11 is 0. The molecule has 0 bridgehead atoms. The maximum absolute atomic E-state index is 2.47. The van der Waals surface area contributed by atoms with E-state index in [1.165, 1.54) is 420 Å². The molecule has 0 saturated heterocycles. The van der Waals surface area contributed by atoms with Crippen LogP contribution in [-0.2, 0) is 0 Å². The molecule has 74 heavy (non-hydrogen) atoms. The molecule has 0 aromatic carbocycles. The minimum absolute atomic E-state index is 1.25. The highest BCUT2D eigenvalue weighted by Gasteiger charge is 2.15. The van der Waals surface area contributed by atoms with Gasteiger partial charge >= 0.3 is 0 Å². The highest BCUT2D eigenvalue weighted by molar-refractivity contribution is 4.55. The van der Waals surface area contributed by atoms with Crippen molar-refractivity contribution in [1.82, 2.24) is 0 Å². The molecule has 0 N–H and O–H groups in total. The van der Waals surface area contributed by atoms with E-state index in [9.17, 15) is 0 Å². The van der Waals surface area contributed by atoms with Crippen molar-refractivity contribution in [3.8, 4) is 0 Å². The van der Waals surface area contributed by atoms with E-state index >= 15 is 0 Å². The van der Waals surface area contributed by atoms with Crippen molar-refractivity contribution >= 4 is 0 Å². The molecular formula is C72H152N2+2. The Kier molecular flexibility index (Phi) is 67.2. The lowest BCUT2D eigenvalue weighted by atomic mass is 10.0. The topological polar surface area (TPSA) is 0 Å². The number of rotatable bonds is 64. The minimum Gasteiger partial charge on any atom is -0.328 e. The molecule has 0 rings (SSSR count). The molecule has 0 unspecified atom stereocenters. The molecule has 448 valence electrons. The Labute approximate surface area is 474 Å². The van der Waals surface area contributed by atoms with Gasteiger partial charge in [-0.15, -0.1) is 0 Å². The van der Waals surface area contributed by atoms with Crippen LogP contribution in [0.5, 0.6) is 0 Å². The standard InChI is InChI=1S/C38H80N.C34H72N/c1-5-7-9-11-13-15-17-19-21-23-25-27-29-31-33-35-37-39(3,4)38-36-34-32-30-28-26-24-22-20-18-16-14-12-10-8-6-2;1-5-7-9-11-13-15-17-19-21-23-25-27-29-31-33-35(3,4)34-32-30-28-26-24-22-20-18-16-14-12-10-8-6-2/h5-38H2,1-4H3;5-34H2,1-4H3/q2*+1. The Morgan fingerprint density at radius 2 is 0.203 bits per heavy atom. The van der Waals surface area contributed by atoms with Gasteiger partial charge in [0.25, 0.3) is 0 Å². The Morgan fingerprint density at radius 3 is 0.297 bits per heavy atom. The average molecular weight is 1050 g/mol. The fourth-order valence-corrected chi connectivity index (χ4v) is 11.9. The largest absolute Gasteiger partial charge is 0.328 e. The molecular weight excluding hydrogens is 893 g/mol. The summed E-state index contributed by atoms with van der Waals surface area (Å²) in [4.78, 5) is 0. The van der Waals surface area contributed by atoms with Gasteiger partial charge in [-0.1, -0.05) is 362 Å². The lowest BCUT2D eigenvalue weighted by molar-refractivity contribution is -0.890. The van der Waals surface area contributed by atoms with Gasteiger partial charge in [0.05, 0.1) is 54.4 Å². The molecule has 2 heteroatoms. The van der Waals surface area contributed by atoms with Gasteiger partial charge in [-0.25, -0.2) is 0 Å². The van der Waals surface area contributed by atoms with E-state index in [4.69, 9.17) is 0 Å². The molecule has 0 heterocycles. The van der Waals surface area contributed by atoms with E-state index in [1.807, 2.05) is 0 Å².